The van der Waals surface area contributed by atoms with Crippen molar-refractivity contribution in [2.75, 3.05) is 0 Å². The van der Waals surface area contributed by atoms with Crippen molar-refractivity contribution < 1.29 is 0 Å². The van der Waals surface area contributed by atoms with Crippen LogP contribution in [0.25, 0.3) is 28.0 Å². The Balaban J connectivity index is 1.87. The lowest BCUT2D eigenvalue weighted by molar-refractivity contribution is 1.33. The normalized spacial score (nSPS) is 11.5. The van der Waals surface area contributed by atoms with Gasteiger partial charge in [0.2, 0.25) is 0 Å². The molecular formula is C21H19N. The molecule has 0 saturated heterocycles. The second-order valence-corrected chi connectivity index (χ2v) is 5.34. The van der Waals surface area contributed by atoms with Crippen LogP contribution in [-0.2, 0) is 0 Å². The van der Waals surface area contributed by atoms with Gasteiger partial charge in [0.05, 0.1) is 5.69 Å². The maximum atomic E-state index is 4.39. The molecule has 108 valence electrons. The van der Waals surface area contributed by atoms with E-state index in [1.807, 2.05) is 24.4 Å². The first-order valence-electron chi connectivity index (χ1n) is 7.53. The molecule has 0 bridgehead atoms. The van der Waals surface area contributed by atoms with E-state index in [2.05, 4.69) is 73.4 Å². The predicted molar refractivity (Wildman–Crippen MR) is 94.4 cm³/mol. The highest BCUT2D eigenvalue weighted by atomic mass is 14.7. The molecule has 2 aromatic carbocycles. The minimum Gasteiger partial charge on any atom is -0.256 e. The van der Waals surface area contributed by atoms with E-state index < -0.39 is 0 Å². The molecule has 0 spiro atoms. The lowest BCUT2D eigenvalue weighted by Gasteiger charge is -2.06. The van der Waals surface area contributed by atoms with Gasteiger partial charge in [-0.3, -0.25) is 4.98 Å². The quantitative estimate of drug-likeness (QED) is 0.589. The topological polar surface area (TPSA) is 12.9 Å². The summed E-state index contributed by atoms with van der Waals surface area (Å²) >= 11 is 0. The van der Waals surface area contributed by atoms with Crippen molar-refractivity contribution in [3.05, 3.63) is 84.6 Å². The number of hydrogen-bond acceptors (Lipinski definition) is 1. The molecule has 0 unspecified atom stereocenters. The first-order valence-corrected chi connectivity index (χ1v) is 7.53. The second-order valence-electron chi connectivity index (χ2n) is 5.34. The summed E-state index contributed by atoms with van der Waals surface area (Å²) in [7, 11) is 0. The van der Waals surface area contributed by atoms with E-state index in [1.54, 1.807) is 0 Å². The Morgan fingerprint density at radius 1 is 0.773 bits per heavy atom. The Morgan fingerprint density at radius 2 is 1.36 bits per heavy atom. The van der Waals surface area contributed by atoms with Crippen molar-refractivity contribution in [3.8, 4) is 22.4 Å². The van der Waals surface area contributed by atoms with E-state index in [0.29, 0.717) is 0 Å². The summed E-state index contributed by atoms with van der Waals surface area (Å²) in [6, 6.07) is 23.3. The van der Waals surface area contributed by atoms with Crippen molar-refractivity contribution >= 4 is 5.57 Å². The lowest BCUT2D eigenvalue weighted by atomic mass is 9.99. The third kappa shape index (κ3) is 2.99. The molecule has 0 aliphatic heterocycles. The summed E-state index contributed by atoms with van der Waals surface area (Å²) in [5, 5.41) is 0. The molecule has 1 aromatic heterocycles. The Kier molecular flexibility index (Phi) is 4.15. The summed E-state index contributed by atoms with van der Waals surface area (Å²) in [4.78, 5) is 4.39. The summed E-state index contributed by atoms with van der Waals surface area (Å²) in [6.45, 7) is 4.20. The van der Waals surface area contributed by atoms with Gasteiger partial charge in [-0.2, -0.15) is 0 Å². The lowest BCUT2D eigenvalue weighted by Crippen LogP contribution is -1.84. The summed E-state index contributed by atoms with van der Waals surface area (Å²) in [5.41, 5.74) is 7.19. The third-order valence-electron chi connectivity index (χ3n) is 3.95. The zero-order valence-corrected chi connectivity index (χ0v) is 13.0. The van der Waals surface area contributed by atoms with Crippen molar-refractivity contribution in [2.24, 2.45) is 0 Å². The van der Waals surface area contributed by atoms with Crippen LogP contribution in [0.1, 0.15) is 19.4 Å². The number of rotatable bonds is 3. The van der Waals surface area contributed by atoms with E-state index in [4.69, 9.17) is 0 Å². The van der Waals surface area contributed by atoms with Gasteiger partial charge in [0.25, 0.3) is 0 Å². The van der Waals surface area contributed by atoms with E-state index >= 15 is 0 Å². The van der Waals surface area contributed by atoms with Gasteiger partial charge in [-0.1, -0.05) is 60.7 Å². The average molecular weight is 285 g/mol. The molecule has 0 aliphatic rings. The first-order chi connectivity index (χ1) is 10.8. The fraction of sp³-hybridized carbons (Fsp3) is 0.0952. The highest BCUT2D eigenvalue weighted by Gasteiger charge is 2.01. The van der Waals surface area contributed by atoms with Crippen molar-refractivity contribution in [2.45, 2.75) is 13.8 Å². The first kappa shape index (κ1) is 14.3. The zero-order chi connectivity index (χ0) is 15.4. The van der Waals surface area contributed by atoms with Crippen LogP contribution < -0.4 is 0 Å². The maximum Gasteiger partial charge on any atom is 0.0701 e. The van der Waals surface area contributed by atoms with Crippen molar-refractivity contribution in [1.82, 2.24) is 4.98 Å². The van der Waals surface area contributed by atoms with Crippen LogP contribution in [0.15, 0.2) is 79.0 Å². The van der Waals surface area contributed by atoms with Crippen LogP contribution in [-0.4, -0.2) is 4.98 Å². The van der Waals surface area contributed by atoms with E-state index in [9.17, 15) is 0 Å². The molecule has 3 aromatic rings. The predicted octanol–water partition coefficient (Wildman–Crippen LogP) is 5.84. The number of hydrogen-bond donors (Lipinski definition) is 0. The molecule has 0 fully saturated rings. The molecule has 0 saturated carbocycles. The van der Waals surface area contributed by atoms with Crippen LogP contribution >= 0.6 is 0 Å². The van der Waals surface area contributed by atoms with Gasteiger partial charge in [0.1, 0.15) is 0 Å². The van der Waals surface area contributed by atoms with Gasteiger partial charge in [0.15, 0.2) is 0 Å². The zero-order valence-electron chi connectivity index (χ0n) is 13.0. The van der Waals surface area contributed by atoms with Crippen LogP contribution in [0.5, 0.6) is 0 Å². The minimum atomic E-state index is 1.01. The average Bonchev–Trinajstić information content (AvgIpc) is 2.62. The molecule has 0 aliphatic carbocycles. The Labute approximate surface area is 132 Å². The van der Waals surface area contributed by atoms with Gasteiger partial charge in [-0.15, -0.1) is 0 Å². The molecule has 0 radical (unpaired) electrons. The van der Waals surface area contributed by atoms with E-state index in [-0.39, 0.29) is 0 Å². The summed E-state index contributed by atoms with van der Waals surface area (Å²) in [6.07, 6.45) is 3.96. The monoisotopic (exact) mass is 285 g/mol. The van der Waals surface area contributed by atoms with Crippen LogP contribution in [0.4, 0.5) is 0 Å². The molecule has 0 atom stereocenters. The highest BCUT2D eigenvalue weighted by Crippen LogP contribution is 2.25. The molecule has 1 heteroatoms. The standard InChI is InChI=1S/C21H19N/c1-3-16(2)17-7-9-18(10-8-17)19-11-13-20(14-12-19)21-6-4-5-15-22-21/h3-15H,1-2H3. The van der Waals surface area contributed by atoms with Gasteiger partial charge < -0.3 is 0 Å². The molecule has 3 rings (SSSR count). The summed E-state index contributed by atoms with van der Waals surface area (Å²) < 4.78 is 0. The van der Waals surface area contributed by atoms with Crippen LogP contribution in [0.3, 0.4) is 0 Å². The molecule has 0 N–H and O–H groups in total. The largest absolute Gasteiger partial charge is 0.256 e. The molecule has 22 heavy (non-hydrogen) atoms. The maximum absolute atomic E-state index is 4.39. The third-order valence-corrected chi connectivity index (χ3v) is 3.95. The molecule has 1 nitrogen and oxygen atoms in total. The van der Waals surface area contributed by atoms with Gasteiger partial charge >= 0.3 is 0 Å². The van der Waals surface area contributed by atoms with E-state index in [0.717, 1.165) is 11.3 Å². The number of benzene rings is 2. The minimum absolute atomic E-state index is 1.01. The molecule has 0 amide bonds. The number of aromatic nitrogens is 1. The van der Waals surface area contributed by atoms with Gasteiger partial charge in [0, 0.05) is 11.8 Å². The van der Waals surface area contributed by atoms with Crippen LogP contribution in [0.2, 0.25) is 0 Å². The summed E-state index contributed by atoms with van der Waals surface area (Å²) in [5.74, 6) is 0. The van der Waals surface area contributed by atoms with Gasteiger partial charge in [-0.25, -0.2) is 0 Å². The number of allylic oxidation sites excluding steroid dienone is 2. The molecular weight excluding hydrogens is 266 g/mol. The Hall–Kier alpha value is -2.67. The fourth-order valence-electron chi connectivity index (χ4n) is 2.46. The van der Waals surface area contributed by atoms with E-state index in [1.165, 1.54) is 22.3 Å². The van der Waals surface area contributed by atoms with Crippen molar-refractivity contribution in [3.63, 3.8) is 0 Å². The highest BCUT2D eigenvalue weighted by molar-refractivity contribution is 5.71. The second kappa shape index (κ2) is 6.40. The number of nitrogens with zero attached hydrogens (tertiary/aromatic N) is 1. The Bertz CT molecular complexity index is 766. The smallest absolute Gasteiger partial charge is 0.0701 e. The van der Waals surface area contributed by atoms with Crippen molar-refractivity contribution in [1.29, 1.82) is 0 Å². The Morgan fingerprint density at radius 3 is 1.91 bits per heavy atom. The number of pyridine rings is 1. The fourth-order valence-corrected chi connectivity index (χ4v) is 2.46. The SMILES string of the molecule is CC=C(C)c1ccc(-c2ccc(-c3ccccn3)cc2)cc1. The van der Waals surface area contributed by atoms with Crippen LogP contribution in [0, 0.1) is 0 Å². The van der Waals surface area contributed by atoms with Gasteiger partial charge in [-0.05, 0) is 48.2 Å². The molecule has 1 heterocycles.